The summed E-state index contributed by atoms with van der Waals surface area (Å²) >= 11 is 1.44. The van der Waals surface area contributed by atoms with Crippen LogP contribution in [0.5, 0.6) is 11.5 Å². The Bertz CT molecular complexity index is 1150. The molecule has 1 saturated heterocycles. The molecule has 2 aliphatic heterocycles. The van der Waals surface area contributed by atoms with Crippen LogP contribution in [0.3, 0.4) is 0 Å². The number of piperidine rings is 1. The Kier molecular flexibility index (Phi) is 5.63. The van der Waals surface area contributed by atoms with E-state index >= 15 is 0 Å². The van der Waals surface area contributed by atoms with Gasteiger partial charge >= 0.3 is 0 Å². The number of carbonyl (C=O) groups excluding carboxylic acids is 1. The molecule has 2 aliphatic rings. The summed E-state index contributed by atoms with van der Waals surface area (Å²) in [7, 11) is 0. The van der Waals surface area contributed by atoms with Crippen molar-refractivity contribution in [1.82, 2.24) is 15.3 Å². The van der Waals surface area contributed by atoms with E-state index in [1.165, 1.54) is 11.3 Å². The minimum atomic E-state index is -0.225. The number of aromatic nitrogens is 2. The number of ether oxygens (including phenoxy) is 2. The maximum atomic E-state index is 13.1. The molecule has 0 radical (unpaired) electrons. The molecule has 1 atom stereocenters. The van der Waals surface area contributed by atoms with Crippen LogP contribution in [0.15, 0.2) is 24.3 Å². The molecule has 1 fully saturated rings. The molecular weight excluding hydrogens is 424 g/mol. The molecular formula is C24H28N4O3S. The zero-order valence-corrected chi connectivity index (χ0v) is 19.5. The number of fused-ring (bicyclic) bond motifs is 2. The predicted octanol–water partition coefficient (Wildman–Crippen LogP) is 4.11. The van der Waals surface area contributed by atoms with Crippen LogP contribution in [0.2, 0.25) is 0 Å². The molecule has 32 heavy (non-hydrogen) atoms. The van der Waals surface area contributed by atoms with E-state index in [0.717, 1.165) is 65.0 Å². The number of hydrogen-bond donors (Lipinski definition) is 1. The number of nitrogens with zero attached hydrogens (tertiary/aromatic N) is 3. The van der Waals surface area contributed by atoms with Gasteiger partial charge in [0.2, 0.25) is 0 Å². The lowest BCUT2D eigenvalue weighted by molar-refractivity contribution is 0.0791. The SMILES string of the molecule is Cc1nc(N2CCC(C)CC2)c2c(C)c(C(=O)NC[C@@H]3COc4ccccc4O3)sc2n1. The van der Waals surface area contributed by atoms with Crippen molar-refractivity contribution in [2.45, 2.75) is 39.7 Å². The largest absolute Gasteiger partial charge is 0.486 e. The summed E-state index contributed by atoms with van der Waals surface area (Å²) in [6.45, 7) is 8.99. The van der Waals surface area contributed by atoms with Crippen LogP contribution in [0, 0.1) is 19.8 Å². The highest BCUT2D eigenvalue weighted by Gasteiger charge is 2.26. The quantitative estimate of drug-likeness (QED) is 0.642. The van der Waals surface area contributed by atoms with Crippen LogP contribution in [-0.2, 0) is 0 Å². The van der Waals surface area contributed by atoms with Gasteiger partial charge in [-0.3, -0.25) is 4.79 Å². The fourth-order valence-electron chi connectivity index (χ4n) is 4.34. The number of carbonyl (C=O) groups is 1. The van der Waals surface area contributed by atoms with Gasteiger partial charge in [0, 0.05) is 13.1 Å². The molecule has 0 spiro atoms. The van der Waals surface area contributed by atoms with E-state index < -0.39 is 0 Å². The van der Waals surface area contributed by atoms with Gasteiger partial charge < -0.3 is 19.7 Å². The molecule has 0 saturated carbocycles. The minimum Gasteiger partial charge on any atom is -0.486 e. The zero-order chi connectivity index (χ0) is 22.2. The first kappa shape index (κ1) is 21.0. The van der Waals surface area contributed by atoms with Crippen molar-refractivity contribution < 1.29 is 14.3 Å². The number of anilines is 1. The highest BCUT2D eigenvalue weighted by molar-refractivity contribution is 7.20. The fourth-order valence-corrected chi connectivity index (χ4v) is 5.48. The lowest BCUT2D eigenvalue weighted by Gasteiger charge is -2.31. The molecule has 1 amide bonds. The topological polar surface area (TPSA) is 76.6 Å². The number of hydrogen-bond acceptors (Lipinski definition) is 7. The maximum absolute atomic E-state index is 13.1. The van der Waals surface area contributed by atoms with Crippen LogP contribution in [-0.4, -0.2) is 48.2 Å². The monoisotopic (exact) mass is 452 g/mol. The Hall–Kier alpha value is -2.87. The molecule has 2 aromatic heterocycles. The smallest absolute Gasteiger partial charge is 0.261 e. The molecule has 5 rings (SSSR count). The number of rotatable bonds is 4. The summed E-state index contributed by atoms with van der Waals surface area (Å²) in [5, 5.41) is 4.03. The van der Waals surface area contributed by atoms with Gasteiger partial charge in [-0.05, 0) is 50.3 Å². The number of nitrogens with one attached hydrogen (secondary N) is 1. The average molecular weight is 453 g/mol. The highest BCUT2D eigenvalue weighted by Crippen LogP contribution is 2.37. The third-order valence-electron chi connectivity index (χ3n) is 6.23. The van der Waals surface area contributed by atoms with E-state index in [0.29, 0.717) is 23.8 Å². The van der Waals surface area contributed by atoms with Crippen LogP contribution in [0.1, 0.15) is 40.8 Å². The molecule has 0 unspecified atom stereocenters. The molecule has 4 heterocycles. The summed E-state index contributed by atoms with van der Waals surface area (Å²) in [5.41, 5.74) is 0.947. The third-order valence-corrected chi connectivity index (χ3v) is 7.41. The average Bonchev–Trinajstić information content (AvgIpc) is 3.13. The molecule has 0 bridgehead atoms. The van der Waals surface area contributed by atoms with E-state index in [2.05, 4.69) is 22.1 Å². The first-order chi connectivity index (χ1) is 15.5. The lowest BCUT2D eigenvalue weighted by atomic mass is 9.99. The number of amides is 1. The maximum Gasteiger partial charge on any atom is 0.261 e. The molecule has 8 heteroatoms. The summed E-state index contributed by atoms with van der Waals surface area (Å²) < 4.78 is 11.7. The van der Waals surface area contributed by atoms with Crippen LogP contribution < -0.4 is 19.7 Å². The standard InChI is InChI=1S/C24H28N4O3S/c1-14-8-10-28(11-9-14)22-20-15(2)21(32-24(20)27-16(3)26-22)23(29)25-12-17-13-30-18-6-4-5-7-19(18)31-17/h4-7,14,17H,8-13H2,1-3H3,(H,25,29)/t17-/m1/s1. The van der Waals surface area contributed by atoms with Gasteiger partial charge in [0.1, 0.15) is 29.2 Å². The summed E-state index contributed by atoms with van der Waals surface area (Å²) in [5.74, 6) is 3.79. The fraction of sp³-hybridized carbons (Fsp3) is 0.458. The predicted molar refractivity (Wildman–Crippen MR) is 126 cm³/mol. The van der Waals surface area contributed by atoms with Crippen molar-refractivity contribution in [2.75, 3.05) is 31.1 Å². The van der Waals surface area contributed by atoms with Gasteiger partial charge in [0.25, 0.3) is 5.91 Å². The van der Waals surface area contributed by atoms with E-state index in [-0.39, 0.29) is 12.0 Å². The molecule has 1 aromatic carbocycles. The van der Waals surface area contributed by atoms with Gasteiger partial charge in [0.15, 0.2) is 11.5 Å². The van der Waals surface area contributed by atoms with Gasteiger partial charge in [-0.1, -0.05) is 19.1 Å². The Morgan fingerprint density at radius 1 is 1.19 bits per heavy atom. The molecule has 168 valence electrons. The normalized spacial score (nSPS) is 18.7. The number of aryl methyl sites for hydroxylation is 2. The zero-order valence-electron chi connectivity index (χ0n) is 18.7. The Balaban J connectivity index is 1.34. The summed E-state index contributed by atoms with van der Waals surface area (Å²) in [4.78, 5) is 26.4. The third kappa shape index (κ3) is 3.99. The highest BCUT2D eigenvalue weighted by atomic mass is 32.1. The second-order valence-corrected chi connectivity index (χ2v) is 9.71. The van der Waals surface area contributed by atoms with Crippen molar-refractivity contribution in [3.63, 3.8) is 0 Å². The number of benzene rings is 1. The van der Waals surface area contributed by atoms with E-state index in [1.807, 2.05) is 38.1 Å². The van der Waals surface area contributed by atoms with Crippen molar-refractivity contribution >= 4 is 33.3 Å². The second-order valence-electron chi connectivity index (χ2n) is 8.71. The first-order valence-corrected chi connectivity index (χ1v) is 12.0. The number of thiophene rings is 1. The van der Waals surface area contributed by atoms with Crippen LogP contribution in [0.4, 0.5) is 5.82 Å². The van der Waals surface area contributed by atoms with E-state index in [1.54, 1.807) is 0 Å². The van der Waals surface area contributed by atoms with Gasteiger partial charge in [-0.25, -0.2) is 9.97 Å². The second kappa shape index (κ2) is 8.58. The van der Waals surface area contributed by atoms with Crippen LogP contribution >= 0.6 is 11.3 Å². The Morgan fingerprint density at radius 3 is 2.72 bits per heavy atom. The van der Waals surface area contributed by atoms with Gasteiger partial charge in [-0.2, -0.15) is 0 Å². The first-order valence-electron chi connectivity index (χ1n) is 11.2. The Labute approximate surface area is 191 Å². The van der Waals surface area contributed by atoms with Crippen molar-refractivity contribution in [3.8, 4) is 11.5 Å². The van der Waals surface area contributed by atoms with Gasteiger partial charge in [-0.15, -0.1) is 11.3 Å². The van der Waals surface area contributed by atoms with Crippen molar-refractivity contribution in [2.24, 2.45) is 5.92 Å². The minimum absolute atomic E-state index is 0.108. The van der Waals surface area contributed by atoms with Crippen LogP contribution in [0.25, 0.3) is 10.2 Å². The van der Waals surface area contributed by atoms with E-state index in [9.17, 15) is 4.79 Å². The number of para-hydroxylation sites is 2. The molecule has 3 aromatic rings. The van der Waals surface area contributed by atoms with E-state index in [4.69, 9.17) is 14.5 Å². The summed E-state index contributed by atoms with van der Waals surface area (Å²) in [6.07, 6.45) is 2.10. The molecule has 1 N–H and O–H groups in total. The van der Waals surface area contributed by atoms with Crippen molar-refractivity contribution in [3.05, 3.63) is 40.5 Å². The summed E-state index contributed by atoms with van der Waals surface area (Å²) in [6, 6.07) is 7.59. The van der Waals surface area contributed by atoms with Gasteiger partial charge in [0.05, 0.1) is 16.8 Å². The van der Waals surface area contributed by atoms with Crippen molar-refractivity contribution in [1.29, 1.82) is 0 Å². The molecule has 7 nitrogen and oxygen atoms in total. The molecule has 0 aliphatic carbocycles. The lowest BCUT2D eigenvalue weighted by Crippen LogP contribution is -2.40. The Morgan fingerprint density at radius 2 is 1.94 bits per heavy atom.